The average Bonchev–Trinajstić information content (AvgIpc) is 2.83. The summed E-state index contributed by atoms with van der Waals surface area (Å²) in [6.45, 7) is 0.520. The number of amides is 1. The zero-order valence-electron chi connectivity index (χ0n) is 11.5. The van der Waals surface area contributed by atoms with Gasteiger partial charge >= 0.3 is 0 Å². The van der Waals surface area contributed by atoms with Gasteiger partial charge in [-0.3, -0.25) is 9.48 Å². The molecule has 0 spiro atoms. The topological polar surface area (TPSA) is 64.2 Å². The van der Waals surface area contributed by atoms with E-state index in [4.69, 9.17) is 5.73 Å². The highest BCUT2D eigenvalue weighted by molar-refractivity contribution is 9.10. The van der Waals surface area contributed by atoms with Crippen LogP contribution < -0.4 is 5.73 Å². The summed E-state index contributed by atoms with van der Waals surface area (Å²) in [5, 5.41) is 4.03. The van der Waals surface area contributed by atoms with Crippen molar-refractivity contribution in [2.45, 2.75) is 12.6 Å². The Bertz CT molecular complexity index is 611. The highest BCUT2D eigenvalue weighted by Gasteiger charge is 2.21. The van der Waals surface area contributed by atoms with E-state index in [0.29, 0.717) is 6.54 Å². The smallest absolute Gasteiger partial charge is 0.244 e. The zero-order valence-corrected chi connectivity index (χ0v) is 13.0. The molecular weight excluding hydrogens is 320 g/mol. The molecule has 1 atom stereocenters. The van der Waals surface area contributed by atoms with Crippen LogP contribution in [0.2, 0.25) is 0 Å². The van der Waals surface area contributed by atoms with E-state index >= 15 is 0 Å². The maximum absolute atomic E-state index is 12.3. The van der Waals surface area contributed by atoms with Crippen LogP contribution in [-0.2, 0) is 18.4 Å². The molecule has 0 saturated heterocycles. The molecule has 106 valence electrons. The van der Waals surface area contributed by atoms with E-state index in [1.54, 1.807) is 36.1 Å². The van der Waals surface area contributed by atoms with Crippen molar-refractivity contribution in [2.24, 2.45) is 12.8 Å². The lowest BCUT2D eigenvalue weighted by atomic mass is 10.1. The fourth-order valence-electron chi connectivity index (χ4n) is 1.97. The van der Waals surface area contributed by atoms with Crippen molar-refractivity contribution < 1.29 is 4.79 Å². The maximum Gasteiger partial charge on any atom is 0.244 e. The van der Waals surface area contributed by atoms with Gasteiger partial charge in [-0.2, -0.15) is 5.10 Å². The molecule has 20 heavy (non-hydrogen) atoms. The number of halogens is 1. The standard InChI is InChI=1S/C14H17BrN4O/c1-18(8-10-4-3-5-12(15)6-10)14(20)13(16)11-7-17-19(2)9-11/h3-7,9,13H,8,16H2,1-2H3. The predicted octanol–water partition coefficient (Wildman–Crippen LogP) is 1.84. The normalized spacial score (nSPS) is 12.2. The lowest BCUT2D eigenvalue weighted by Crippen LogP contribution is -2.35. The molecule has 2 N–H and O–H groups in total. The number of likely N-dealkylation sites (N-methyl/N-ethyl adjacent to an activating group) is 1. The van der Waals surface area contributed by atoms with E-state index in [2.05, 4.69) is 21.0 Å². The number of hydrogen-bond acceptors (Lipinski definition) is 3. The Morgan fingerprint density at radius 2 is 2.30 bits per heavy atom. The number of aryl methyl sites for hydroxylation is 1. The third-order valence-electron chi connectivity index (χ3n) is 3.04. The highest BCUT2D eigenvalue weighted by atomic mass is 79.9. The molecule has 1 unspecified atom stereocenters. The second-order valence-corrected chi connectivity index (χ2v) is 5.66. The number of hydrogen-bond donors (Lipinski definition) is 1. The third-order valence-corrected chi connectivity index (χ3v) is 3.53. The van der Waals surface area contributed by atoms with E-state index in [-0.39, 0.29) is 5.91 Å². The van der Waals surface area contributed by atoms with Gasteiger partial charge in [0.25, 0.3) is 0 Å². The van der Waals surface area contributed by atoms with E-state index < -0.39 is 6.04 Å². The van der Waals surface area contributed by atoms with Crippen molar-refractivity contribution in [3.8, 4) is 0 Å². The molecule has 2 aromatic rings. The molecule has 0 saturated carbocycles. The van der Waals surface area contributed by atoms with Gasteiger partial charge in [-0.15, -0.1) is 0 Å². The minimum absolute atomic E-state index is 0.127. The SMILES string of the molecule is CN(Cc1cccc(Br)c1)C(=O)C(N)c1cnn(C)c1. The first kappa shape index (κ1) is 14.7. The molecule has 0 bridgehead atoms. The van der Waals surface area contributed by atoms with Crippen molar-refractivity contribution in [2.75, 3.05) is 7.05 Å². The van der Waals surface area contributed by atoms with Gasteiger partial charge in [0, 0.05) is 36.9 Å². The van der Waals surface area contributed by atoms with Crippen LogP contribution >= 0.6 is 15.9 Å². The molecule has 1 aromatic carbocycles. The lowest BCUT2D eigenvalue weighted by molar-refractivity contribution is -0.131. The summed E-state index contributed by atoms with van der Waals surface area (Å²) in [6, 6.07) is 7.18. The summed E-state index contributed by atoms with van der Waals surface area (Å²) < 4.78 is 2.63. The van der Waals surface area contributed by atoms with Crippen LogP contribution in [-0.4, -0.2) is 27.6 Å². The Balaban J connectivity index is 2.05. The zero-order chi connectivity index (χ0) is 14.7. The van der Waals surface area contributed by atoms with Crippen molar-refractivity contribution in [3.63, 3.8) is 0 Å². The van der Waals surface area contributed by atoms with Gasteiger partial charge in [0.2, 0.25) is 5.91 Å². The minimum Gasteiger partial charge on any atom is -0.340 e. The first-order chi connectivity index (χ1) is 9.47. The molecule has 5 nitrogen and oxygen atoms in total. The van der Waals surface area contributed by atoms with Crippen LogP contribution in [0.4, 0.5) is 0 Å². The van der Waals surface area contributed by atoms with Crippen molar-refractivity contribution in [1.82, 2.24) is 14.7 Å². The fraction of sp³-hybridized carbons (Fsp3) is 0.286. The summed E-state index contributed by atoms with van der Waals surface area (Å²) in [5.41, 5.74) is 7.75. The number of aromatic nitrogens is 2. The summed E-state index contributed by atoms with van der Waals surface area (Å²) in [5.74, 6) is -0.127. The Hall–Kier alpha value is -1.66. The average molecular weight is 337 g/mol. The highest BCUT2D eigenvalue weighted by Crippen LogP contribution is 2.16. The quantitative estimate of drug-likeness (QED) is 0.926. The first-order valence-corrected chi connectivity index (χ1v) is 7.00. The monoisotopic (exact) mass is 336 g/mol. The summed E-state index contributed by atoms with van der Waals surface area (Å²) in [6.07, 6.45) is 3.38. The molecule has 6 heteroatoms. The molecule has 0 fully saturated rings. The number of carbonyl (C=O) groups excluding carboxylic acids is 1. The number of carbonyl (C=O) groups is 1. The van der Waals surface area contributed by atoms with E-state index in [0.717, 1.165) is 15.6 Å². The summed E-state index contributed by atoms with van der Waals surface area (Å²) >= 11 is 3.42. The molecule has 1 amide bonds. The number of nitrogens with two attached hydrogens (primary N) is 1. The van der Waals surface area contributed by atoms with Gasteiger partial charge in [-0.05, 0) is 17.7 Å². The first-order valence-electron chi connectivity index (χ1n) is 6.21. The molecule has 2 rings (SSSR count). The van der Waals surface area contributed by atoms with Crippen LogP contribution in [0.5, 0.6) is 0 Å². The van der Waals surface area contributed by atoms with Gasteiger partial charge in [0.05, 0.1) is 6.20 Å². The van der Waals surface area contributed by atoms with Gasteiger partial charge < -0.3 is 10.6 Å². The van der Waals surface area contributed by atoms with Crippen LogP contribution in [0.3, 0.4) is 0 Å². The van der Waals surface area contributed by atoms with Crippen LogP contribution in [0.1, 0.15) is 17.2 Å². The molecule has 1 aromatic heterocycles. The molecule has 0 radical (unpaired) electrons. The molecular formula is C14H17BrN4O. The number of nitrogens with zero attached hydrogens (tertiary/aromatic N) is 3. The third kappa shape index (κ3) is 3.46. The maximum atomic E-state index is 12.3. The Morgan fingerprint density at radius 1 is 1.55 bits per heavy atom. The van der Waals surface area contributed by atoms with E-state index in [9.17, 15) is 4.79 Å². The van der Waals surface area contributed by atoms with Crippen molar-refractivity contribution >= 4 is 21.8 Å². The lowest BCUT2D eigenvalue weighted by Gasteiger charge is -2.21. The predicted molar refractivity (Wildman–Crippen MR) is 80.8 cm³/mol. The number of rotatable bonds is 4. The Kier molecular flexibility index (Phi) is 4.57. The number of benzene rings is 1. The molecule has 0 aliphatic rings. The summed E-state index contributed by atoms with van der Waals surface area (Å²) in [4.78, 5) is 13.9. The van der Waals surface area contributed by atoms with Gasteiger partial charge in [0.1, 0.15) is 6.04 Å². The Labute approximate surface area is 126 Å². The van der Waals surface area contributed by atoms with E-state index in [1.165, 1.54) is 0 Å². The van der Waals surface area contributed by atoms with Crippen LogP contribution in [0, 0.1) is 0 Å². The van der Waals surface area contributed by atoms with Gasteiger partial charge in [0.15, 0.2) is 0 Å². The minimum atomic E-state index is -0.680. The second-order valence-electron chi connectivity index (χ2n) is 4.75. The van der Waals surface area contributed by atoms with Gasteiger partial charge in [-0.1, -0.05) is 28.1 Å². The summed E-state index contributed by atoms with van der Waals surface area (Å²) in [7, 11) is 3.55. The largest absolute Gasteiger partial charge is 0.340 e. The van der Waals surface area contributed by atoms with Gasteiger partial charge in [-0.25, -0.2) is 0 Å². The van der Waals surface area contributed by atoms with Crippen LogP contribution in [0.25, 0.3) is 0 Å². The van der Waals surface area contributed by atoms with Crippen molar-refractivity contribution in [1.29, 1.82) is 0 Å². The fourth-order valence-corrected chi connectivity index (χ4v) is 2.41. The Morgan fingerprint density at radius 3 is 2.90 bits per heavy atom. The van der Waals surface area contributed by atoms with Crippen LogP contribution in [0.15, 0.2) is 41.1 Å². The van der Waals surface area contributed by atoms with E-state index in [1.807, 2.05) is 24.3 Å². The molecule has 0 aliphatic carbocycles. The second kappa shape index (κ2) is 6.19. The van der Waals surface area contributed by atoms with Crippen molar-refractivity contribution in [3.05, 3.63) is 52.3 Å². The molecule has 1 heterocycles. The molecule has 0 aliphatic heterocycles.